The molecule has 2 nitrogen and oxygen atoms in total. The number of nitrogens with one attached hydrogen (secondary N) is 1. The Balaban J connectivity index is 0.00000176. The summed E-state index contributed by atoms with van der Waals surface area (Å²) in [6.07, 6.45) is -1.70. The Hall–Kier alpha value is -1.80. The summed E-state index contributed by atoms with van der Waals surface area (Å²) < 4.78 is 54.2. The molecular formula is C19H27NO. The van der Waals surface area contributed by atoms with Gasteiger partial charge in [-0.05, 0) is 38.2 Å². The predicted molar refractivity (Wildman–Crippen MR) is 90.9 cm³/mol. The van der Waals surface area contributed by atoms with E-state index in [4.69, 9.17) is 13.0 Å². The molecule has 0 amide bonds. The number of benzene rings is 2. The van der Waals surface area contributed by atoms with Crippen molar-refractivity contribution in [2.24, 2.45) is 0 Å². The molecule has 21 heavy (non-hydrogen) atoms. The molecule has 0 radical (unpaired) electrons. The molecule has 0 aliphatic heterocycles. The first-order valence-electron chi connectivity index (χ1n) is 10.2. The number of hydrogen-bond acceptors (Lipinski definition) is 2. The average molecular weight is 291 g/mol. The highest BCUT2D eigenvalue weighted by Crippen LogP contribution is 2.24. The van der Waals surface area contributed by atoms with Crippen LogP contribution in [0.25, 0.3) is 0 Å². The first-order valence-corrected chi connectivity index (χ1v) is 7.19. The molecule has 0 heterocycles. The molecule has 114 valence electrons. The molecule has 0 fully saturated rings. The molecule has 0 saturated heterocycles. The van der Waals surface area contributed by atoms with E-state index in [1.165, 1.54) is 0 Å². The SMILES string of the molecule is CC.[2H]c1c([2H])c([2H])c(C([2H])(CCNC)Oc2ccc(C)cc2)c([2H])c1[2H]. The monoisotopic (exact) mass is 291 g/mol. The number of hydrogen-bond donors (Lipinski definition) is 1. The summed E-state index contributed by atoms with van der Waals surface area (Å²) in [4.78, 5) is 0. The van der Waals surface area contributed by atoms with Crippen molar-refractivity contribution >= 4 is 0 Å². The van der Waals surface area contributed by atoms with Crippen molar-refractivity contribution in [3.8, 4) is 5.75 Å². The fourth-order valence-electron chi connectivity index (χ4n) is 1.60. The highest BCUT2D eigenvalue weighted by Gasteiger charge is 2.12. The molecule has 0 aliphatic rings. The lowest BCUT2D eigenvalue weighted by Crippen LogP contribution is -2.16. The number of rotatable bonds is 6. The number of ether oxygens (including phenoxy) is 1. The molecule has 1 unspecified atom stereocenters. The summed E-state index contributed by atoms with van der Waals surface area (Å²) in [5.41, 5.74) is 0.871. The molecule has 0 spiro atoms. The summed E-state index contributed by atoms with van der Waals surface area (Å²) in [6, 6.07) is 4.82. The summed E-state index contributed by atoms with van der Waals surface area (Å²) >= 11 is 0. The van der Waals surface area contributed by atoms with Gasteiger partial charge in [-0.2, -0.15) is 0 Å². The van der Waals surface area contributed by atoms with Crippen LogP contribution in [0.5, 0.6) is 5.75 Å². The lowest BCUT2D eigenvalue weighted by molar-refractivity contribution is 0.195. The van der Waals surface area contributed by atoms with Crippen LogP contribution in [0.1, 0.15) is 45.7 Å². The highest BCUT2D eigenvalue weighted by molar-refractivity contribution is 5.28. The largest absolute Gasteiger partial charge is 0.486 e. The third-order valence-electron chi connectivity index (χ3n) is 2.64. The Morgan fingerprint density at radius 2 is 1.76 bits per heavy atom. The third-order valence-corrected chi connectivity index (χ3v) is 2.64. The second-order valence-corrected chi connectivity index (χ2v) is 4.19. The van der Waals surface area contributed by atoms with E-state index in [9.17, 15) is 0 Å². The minimum Gasteiger partial charge on any atom is -0.486 e. The minimum absolute atomic E-state index is 0.116. The molecule has 2 aromatic carbocycles. The summed E-state index contributed by atoms with van der Waals surface area (Å²) in [7, 11) is 1.72. The van der Waals surface area contributed by atoms with Gasteiger partial charge in [0.15, 0.2) is 0 Å². The zero-order valence-electron chi connectivity index (χ0n) is 19.1. The van der Waals surface area contributed by atoms with Gasteiger partial charge >= 0.3 is 0 Å². The summed E-state index contributed by atoms with van der Waals surface area (Å²) in [5.74, 6) is 0.406. The van der Waals surface area contributed by atoms with Crippen LogP contribution in [0.15, 0.2) is 54.5 Å². The summed E-state index contributed by atoms with van der Waals surface area (Å²) in [5, 5.41) is 2.91. The van der Waals surface area contributed by atoms with Gasteiger partial charge < -0.3 is 10.1 Å². The molecule has 0 bridgehead atoms. The van der Waals surface area contributed by atoms with Crippen LogP contribution in [0.3, 0.4) is 0 Å². The lowest BCUT2D eigenvalue weighted by Gasteiger charge is -2.19. The van der Waals surface area contributed by atoms with Gasteiger partial charge in [0.1, 0.15) is 11.8 Å². The first-order chi connectivity index (χ1) is 12.7. The van der Waals surface area contributed by atoms with Crippen molar-refractivity contribution in [2.45, 2.75) is 33.3 Å². The zero-order chi connectivity index (χ0) is 20.8. The highest BCUT2D eigenvalue weighted by atomic mass is 16.5. The quantitative estimate of drug-likeness (QED) is 0.829. The molecule has 2 heteroatoms. The van der Waals surface area contributed by atoms with Gasteiger partial charge in [-0.1, -0.05) is 61.8 Å². The van der Waals surface area contributed by atoms with Crippen molar-refractivity contribution < 1.29 is 13.0 Å². The minimum atomic E-state index is -1.81. The molecule has 1 N–H and O–H groups in total. The fourth-order valence-corrected chi connectivity index (χ4v) is 1.60. The Morgan fingerprint density at radius 1 is 1.14 bits per heavy atom. The van der Waals surface area contributed by atoms with Gasteiger partial charge in [0, 0.05) is 6.42 Å². The molecule has 0 aliphatic carbocycles. The van der Waals surface area contributed by atoms with Crippen molar-refractivity contribution in [3.05, 3.63) is 65.6 Å². The van der Waals surface area contributed by atoms with Crippen molar-refractivity contribution in [2.75, 3.05) is 13.6 Å². The maximum Gasteiger partial charge on any atom is 0.125 e. The van der Waals surface area contributed by atoms with Crippen LogP contribution in [0, 0.1) is 6.92 Å². The lowest BCUT2D eigenvalue weighted by atomic mass is 10.1. The van der Waals surface area contributed by atoms with Crippen LogP contribution in [-0.2, 0) is 0 Å². The van der Waals surface area contributed by atoms with Crippen LogP contribution < -0.4 is 10.1 Å². The van der Waals surface area contributed by atoms with Crippen LogP contribution in [-0.4, -0.2) is 13.6 Å². The van der Waals surface area contributed by atoms with E-state index in [1.807, 2.05) is 32.9 Å². The van der Waals surface area contributed by atoms with Crippen molar-refractivity contribution in [1.29, 1.82) is 0 Å². The number of aryl methyl sites for hydroxylation is 1. The van der Waals surface area contributed by atoms with E-state index in [-0.39, 0.29) is 12.0 Å². The second-order valence-electron chi connectivity index (χ2n) is 4.19. The first kappa shape index (κ1) is 10.0. The van der Waals surface area contributed by atoms with Gasteiger partial charge in [0.25, 0.3) is 0 Å². The Bertz CT molecular complexity index is 737. The van der Waals surface area contributed by atoms with Crippen LogP contribution in [0.2, 0.25) is 0 Å². The topological polar surface area (TPSA) is 21.3 Å². The maximum atomic E-state index is 8.77. The summed E-state index contributed by atoms with van der Waals surface area (Å²) in [6.45, 7) is 6.31. The maximum absolute atomic E-state index is 8.77. The second kappa shape index (κ2) is 10.0. The third kappa shape index (κ3) is 6.01. The van der Waals surface area contributed by atoms with Gasteiger partial charge in [0.2, 0.25) is 0 Å². The average Bonchev–Trinajstić information content (AvgIpc) is 2.67. The normalized spacial score (nSPS) is 16.8. The van der Waals surface area contributed by atoms with Crippen LogP contribution in [0.4, 0.5) is 0 Å². The standard InChI is InChI=1S/C17H21NO.C2H6/c1-14-8-10-16(11-9-14)19-17(12-13-18-2)15-6-4-3-5-7-15;1-2/h3-11,17-18H,12-13H2,1-2H3;1-2H3/i3D,4D,5D,6D,7D,17D;. The van der Waals surface area contributed by atoms with Gasteiger partial charge in [0.05, 0.1) is 8.22 Å². The Kier molecular flexibility index (Phi) is 4.77. The van der Waals surface area contributed by atoms with E-state index < -0.39 is 36.3 Å². The Morgan fingerprint density at radius 3 is 2.33 bits per heavy atom. The Labute approximate surface area is 137 Å². The van der Waals surface area contributed by atoms with Gasteiger partial charge in [-0.15, -0.1) is 0 Å². The van der Waals surface area contributed by atoms with E-state index in [2.05, 4.69) is 5.32 Å². The fraction of sp³-hybridized carbons (Fsp3) is 0.368. The molecule has 1 atom stereocenters. The zero-order valence-corrected chi connectivity index (χ0v) is 13.1. The molecule has 2 rings (SSSR count). The smallest absolute Gasteiger partial charge is 0.125 e. The molecule has 0 aromatic heterocycles. The van der Waals surface area contributed by atoms with Crippen molar-refractivity contribution in [1.82, 2.24) is 5.32 Å². The molecular weight excluding hydrogens is 258 g/mol. The van der Waals surface area contributed by atoms with E-state index in [0.717, 1.165) is 5.56 Å². The van der Waals surface area contributed by atoms with Gasteiger partial charge in [-0.3, -0.25) is 0 Å². The molecule has 2 aromatic rings. The van der Waals surface area contributed by atoms with E-state index in [0.29, 0.717) is 12.3 Å². The van der Waals surface area contributed by atoms with Gasteiger partial charge in [-0.25, -0.2) is 0 Å². The molecule has 0 saturated carbocycles. The van der Waals surface area contributed by atoms with E-state index >= 15 is 0 Å². The van der Waals surface area contributed by atoms with E-state index in [1.54, 1.807) is 19.2 Å². The predicted octanol–water partition coefficient (Wildman–Crippen LogP) is 4.75. The van der Waals surface area contributed by atoms with Crippen LogP contribution >= 0.6 is 0 Å². The van der Waals surface area contributed by atoms with Crippen molar-refractivity contribution in [3.63, 3.8) is 0 Å².